The van der Waals surface area contributed by atoms with Crippen molar-refractivity contribution in [2.24, 2.45) is 0 Å². The van der Waals surface area contributed by atoms with Gasteiger partial charge < -0.3 is 9.15 Å². The lowest BCUT2D eigenvalue weighted by atomic mass is 9.78. The zero-order valence-electron chi connectivity index (χ0n) is 16.6. The van der Waals surface area contributed by atoms with Crippen LogP contribution >= 0.6 is 0 Å². The zero-order chi connectivity index (χ0) is 20.6. The number of rotatable bonds is 4. The van der Waals surface area contributed by atoms with Gasteiger partial charge in [0.05, 0.1) is 5.41 Å². The van der Waals surface area contributed by atoms with Crippen LogP contribution in [0.3, 0.4) is 0 Å². The minimum atomic E-state index is -0.965. The highest BCUT2D eigenvalue weighted by atomic mass is 19.1. The third-order valence-corrected chi connectivity index (χ3v) is 6.04. The molecular weight excluding hydrogens is 371 g/mol. The lowest BCUT2D eigenvalue weighted by molar-refractivity contribution is -0.152. The summed E-state index contributed by atoms with van der Waals surface area (Å²) >= 11 is 0. The molecule has 4 rings (SSSR count). The Labute approximate surface area is 168 Å². The molecule has 1 heterocycles. The summed E-state index contributed by atoms with van der Waals surface area (Å²) in [6, 6.07) is 11.5. The Balaban J connectivity index is 1.67. The van der Waals surface area contributed by atoms with Crippen LogP contribution in [0, 0.1) is 19.7 Å². The number of fused-ring (bicyclic) bond motifs is 1. The SMILES string of the molecule is Cc1cc2oc(=O)cc(COC(=O)C3(c4ccccc4F)CCCC3)c2cc1C. The van der Waals surface area contributed by atoms with Gasteiger partial charge in [-0.15, -0.1) is 0 Å². The van der Waals surface area contributed by atoms with Gasteiger partial charge >= 0.3 is 11.6 Å². The van der Waals surface area contributed by atoms with Gasteiger partial charge in [0.2, 0.25) is 0 Å². The van der Waals surface area contributed by atoms with Crippen LogP contribution < -0.4 is 5.63 Å². The monoisotopic (exact) mass is 394 g/mol. The molecular formula is C24H23FO4. The van der Waals surface area contributed by atoms with Gasteiger partial charge in [-0.3, -0.25) is 4.79 Å². The van der Waals surface area contributed by atoms with Crippen LogP contribution in [0.2, 0.25) is 0 Å². The van der Waals surface area contributed by atoms with E-state index < -0.39 is 17.0 Å². The number of hydrogen-bond acceptors (Lipinski definition) is 4. The van der Waals surface area contributed by atoms with E-state index in [2.05, 4.69) is 0 Å². The van der Waals surface area contributed by atoms with Crippen molar-refractivity contribution in [3.05, 3.63) is 81.0 Å². The maximum atomic E-state index is 14.5. The van der Waals surface area contributed by atoms with Crippen molar-refractivity contribution in [2.75, 3.05) is 0 Å². The van der Waals surface area contributed by atoms with Gasteiger partial charge in [-0.05, 0) is 56.0 Å². The molecule has 0 aliphatic heterocycles. The summed E-state index contributed by atoms with van der Waals surface area (Å²) < 4.78 is 25.5. The van der Waals surface area contributed by atoms with Gasteiger partial charge in [-0.2, -0.15) is 0 Å². The van der Waals surface area contributed by atoms with Crippen LogP contribution in [0.1, 0.15) is 47.9 Å². The lowest BCUT2D eigenvalue weighted by Gasteiger charge is -2.27. The van der Waals surface area contributed by atoms with Gasteiger partial charge in [-0.1, -0.05) is 31.0 Å². The average Bonchev–Trinajstić information content (AvgIpc) is 3.18. The maximum absolute atomic E-state index is 14.5. The number of hydrogen-bond donors (Lipinski definition) is 0. The van der Waals surface area contributed by atoms with Gasteiger partial charge in [0.25, 0.3) is 0 Å². The molecule has 2 aromatic carbocycles. The molecule has 0 N–H and O–H groups in total. The highest BCUT2D eigenvalue weighted by molar-refractivity contribution is 5.85. The topological polar surface area (TPSA) is 56.5 Å². The Morgan fingerprint density at radius 3 is 2.52 bits per heavy atom. The molecule has 1 saturated carbocycles. The van der Waals surface area contributed by atoms with E-state index >= 15 is 0 Å². The van der Waals surface area contributed by atoms with Crippen LogP contribution in [0.25, 0.3) is 11.0 Å². The fourth-order valence-electron chi connectivity index (χ4n) is 4.30. The van der Waals surface area contributed by atoms with E-state index in [4.69, 9.17) is 9.15 Å². The summed E-state index contributed by atoms with van der Waals surface area (Å²) in [5.74, 6) is -0.825. The summed E-state index contributed by atoms with van der Waals surface area (Å²) in [4.78, 5) is 25.1. The highest BCUT2D eigenvalue weighted by Crippen LogP contribution is 2.43. The first-order valence-corrected chi connectivity index (χ1v) is 9.87. The maximum Gasteiger partial charge on any atom is 0.336 e. The molecule has 0 bridgehead atoms. The van der Waals surface area contributed by atoms with Crippen molar-refractivity contribution in [1.82, 2.24) is 0 Å². The standard InChI is InChI=1S/C24H23FO4/c1-15-11-18-17(13-22(26)29-21(18)12-16(15)2)14-28-23(27)24(9-5-6-10-24)19-7-3-4-8-20(19)25/h3-4,7-8,11-13H,5-6,9-10,14H2,1-2H3. The molecule has 0 atom stereocenters. The van der Waals surface area contributed by atoms with Gasteiger partial charge in [0, 0.05) is 22.6 Å². The third kappa shape index (κ3) is 3.46. The Bertz CT molecular complexity index is 1140. The predicted octanol–water partition coefficient (Wildman–Crippen LogP) is 5.10. The van der Waals surface area contributed by atoms with Gasteiger partial charge in [-0.25, -0.2) is 9.18 Å². The molecule has 4 nitrogen and oxygen atoms in total. The van der Waals surface area contributed by atoms with E-state index in [1.807, 2.05) is 26.0 Å². The number of carbonyl (C=O) groups excluding carboxylic acids is 1. The molecule has 0 amide bonds. The molecule has 1 fully saturated rings. The molecule has 0 unspecified atom stereocenters. The fourth-order valence-corrected chi connectivity index (χ4v) is 4.30. The largest absolute Gasteiger partial charge is 0.460 e. The molecule has 0 saturated heterocycles. The summed E-state index contributed by atoms with van der Waals surface area (Å²) in [6.45, 7) is 3.86. The third-order valence-electron chi connectivity index (χ3n) is 6.04. The molecule has 0 spiro atoms. The van der Waals surface area contributed by atoms with E-state index in [1.165, 1.54) is 12.1 Å². The van der Waals surface area contributed by atoms with Crippen molar-refractivity contribution in [3.63, 3.8) is 0 Å². The van der Waals surface area contributed by atoms with E-state index in [0.717, 1.165) is 29.4 Å². The number of halogens is 1. The molecule has 1 aromatic heterocycles. The van der Waals surface area contributed by atoms with Crippen molar-refractivity contribution in [1.29, 1.82) is 0 Å². The molecule has 0 radical (unpaired) electrons. The predicted molar refractivity (Wildman–Crippen MR) is 108 cm³/mol. The Morgan fingerprint density at radius 2 is 1.79 bits per heavy atom. The lowest BCUT2D eigenvalue weighted by Crippen LogP contribution is -2.35. The molecule has 150 valence electrons. The highest BCUT2D eigenvalue weighted by Gasteiger charge is 2.45. The van der Waals surface area contributed by atoms with Crippen LogP contribution in [0.4, 0.5) is 4.39 Å². The second-order valence-corrected chi connectivity index (χ2v) is 7.87. The first-order chi connectivity index (χ1) is 13.9. The number of aryl methyl sites for hydroxylation is 2. The molecule has 1 aliphatic rings. The van der Waals surface area contributed by atoms with Crippen LogP contribution in [-0.4, -0.2) is 5.97 Å². The van der Waals surface area contributed by atoms with Gasteiger partial charge in [0.15, 0.2) is 0 Å². The Morgan fingerprint density at radius 1 is 1.10 bits per heavy atom. The minimum Gasteiger partial charge on any atom is -0.460 e. The molecule has 5 heteroatoms. The van der Waals surface area contributed by atoms with Crippen LogP contribution in [0.5, 0.6) is 0 Å². The summed E-state index contributed by atoms with van der Waals surface area (Å²) in [6.07, 6.45) is 2.81. The number of esters is 1. The quantitative estimate of drug-likeness (QED) is 0.456. The van der Waals surface area contributed by atoms with Crippen molar-refractivity contribution < 1.29 is 18.3 Å². The second kappa shape index (κ2) is 7.47. The average molecular weight is 394 g/mol. The van der Waals surface area contributed by atoms with Gasteiger partial charge in [0.1, 0.15) is 18.0 Å². The molecule has 3 aromatic rings. The smallest absolute Gasteiger partial charge is 0.336 e. The minimum absolute atomic E-state index is 0.0559. The van der Waals surface area contributed by atoms with Crippen LogP contribution in [-0.2, 0) is 21.6 Å². The van der Waals surface area contributed by atoms with E-state index in [1.54, 1.807) is 18.2 Å². The molecule has 29 heavy (non-hydrogen) atoms. The summed E-state index contributed by atoms with van der Waals surface area (Å²) in [5, 5.41) is 0.742. The van der Waals surface area contributed by atoms with Crippen molar-refractivity contribution in [2.45, 2.75) is 51.6 Å². The van der Waals surface area contributed by atoms with Crippen LogP contribution in [0.15, 0.2) is 51.7 Å². The zero-order valence-corrected chi connectivity index (χ0v) is 16.6. The first kappa shape index (κ1) is 19.4. The normalized spacial score (nSPS) is 15.6. The van der Waals surface area contributed by atoms with E-state index in [0.29, 0.717) is 29.6 Å². The second-order valence-electron chi connectivity index (χ2n) is 7.87. The Kier molecular flexibility index (Phi) is 4.99. The number of ether oxygens (including phenoxy) is 1. The Hall–Kier alpha value is -2.95. The number of carbonyl (C=O) groups is 1. The van der Waals surface area contributed by atoms with Crippen molar-refractivity contribution >= 4 is 16.9 Å². The van der Waals surface area contributed by atoms with E-state index in [-0.39, 0.29) is 12.4 Å². The molecule has 1 aliphatic carbocycles. The van der Waals surface area contributed by atoms with E-state index in [9.17, 15) is 14.0 Å². The fraction of sp³-hybridized carbons (Fsp3) is 0.333. The van der Waals surface area contributed by atoms with Crippen molar-refractivity contribution in [3.8, 4) is 0 Å². The number of benzene rings is 2. The first-order valence-electron chi connectivity index (χ1n) is 9.87. The summed E-state index contributed by atoms with van der Waals surface area (Å²) in [7, 11) is 0. The summed E-state index contributed by atoms with van der Waals surface area (Å²) in [5.41, 5.74) is 2.07.